The molecule has 1 fully saturated rings. The second-order valence-electron chi connectivity index (χ2n) is 6.23. The van der Waals surface area contributed by atoms with Crippen molar-refractivity contribution in [1.29, 1.82) is 0 Å². The number of aromatic carboxylic acids is 1. The molecule has 0 bridgehead atoms. The molecular formula is C17H25NO2. The third kappa shape index (κ3) is 3.33. The predicted molar refractivity (Wildman–Crippen MR) is 82.5 cm³/mol. The highest BCUT2D eigenvalue weighted by Gasteiger charge is 2.20. The first kappa shape index (κ1) is 14.9. The van der Waals surface area contributed by atoms with Crippen molar-refractivity contribution in [2.75, 3.05) is 18.0 Å². The molecule has 110 valence electrons. The van der Waals surface area contributed by atoms with E-state index in [1.54, 1.807) is 12.1 Å². The van der Waals surface area contributed by atoms with Gasteiger partial charge in [0, 0.05) is 18.8 Å². The summed E-state index contributed by atoms with van der Waals surface area (Å²) < 4.78 is 0. The van der Waals surface area contributed by atoms with Crippen molar-refractivity contribution < 1.29 is 9.90 Å². The summed E-state index contributed by atoms with van der Waals surface area (Å²) in [5.74, 6) is 0.722. The van der Waals surface area contributed by atoms with Gasteiger partial charge in [-0.15, -0.1) is 0 Å². The van der Waals surface area contributed by atoms with Gasteiger partial charge in [0.25, 0.3) is 0 Å². The number of hydrogen-bond donors (Lipinski definition) is 1. The van der Waals surface area contributed by atoms with Crippen LogP contribution >= 0.6 is 0 Å². The van der Waals surface area contributed by atoms with Crippen LogP contribution in [0.3, 0.4) is 0 Å². The molecule has 3 heteroatoms. The first-order chi connectivity index (χ1) is 9.49. The maximum Gasteiger partial charge on any atom is 0.335 e. The number of rotatable bonds is 3. The molecule has 2 rings (SSSR count). The zero-order valence-electron chi connectivity index (χ0n) is 12.7. The minimum Gasteiger partial charge on any atom is -0.478 e. The van der Waals surface area contributed by atoms with Crippen LogP contribution < -0.4 is 4.90 Å². The number of carboxylic acids is 1. The average molecular weight is 275 g/mol. The maximum atomic E-state index is 11.0. The van der Waals surface area contributed by atoms with E-state index in [1.807, 2.05) is 13.0 Å². The van der Waals surface area contributed by atoms with Gasteiger partial charge in [0.2, 0.25) is 0 Å². The van der Waals surface area contributed by atoms with Crippen LogP contribution in [0.2, 0.25) is 0 Å². The minimum atomic E-state index is -0.851. The smallest absolute Gasteiger partial charge is 0.335 e. The van der Waals surface area contributed by atoms with Crippen molar-refractivity contribution in [2.24, 2.45) is 11.8 Å². The topological polar surface area (TPSA) is 40.5 Å². The molecule has 20 heavy (non-hydrogen) atoms. The number of benzene rings is 1. The molecule has 0 saturated carbocycles. The summed E-state index contributed by atoms with van der Waals surface area (Å²) >= 11 is 0. The number of hydrogen-bond acceptors (Lipinski definition) is 2. The van der Waals surface area contributed by atoms with E-state index in [0.29, 0.717) is 5.56 Å². The summed E-state index contributed by atoms with van der Waals surface area (Å²) in [6.07, 6.45) is 3.77. The van der Waals surface area contributed by atoms with Gasteiger partial charge in [0.1, 0.15) is 0 Å². The highest BCUT2D eigenvalue weighted by molar-refractivity contribution is 5.88. The van der Waals surface area contributed by atoms with Crippen molar-refractivity contribution in [3.05, 3.63) is 29.3 Å². The molecular weight excluding hydrogens is 250 g/mol. The lowest BCUT2D eigenvalue weighted by Crippen LogP contribution is -2.25. The lowest BCUT2D eigenvalue weighted by Gasteiger charge is -2.25. The molecule has 0 radical (unpaired) electrons. The van der Waals surface area contributed by atoms with Crippen molar-refractivity contribution in [2.45, 2.75) is 40.0 Å². The molecule has 1 atom stereocenters. The molecule has 1 saturated heterocycles. The third-order valence-electron chi connectivity index (χ3n) is 4.50. The van der Waals surface area contributed by atoms with Crippen LogP contribution in [0.4, 0.5) is 5.69 Å². The summed E-state index contributed by atoms with van der Waals surface area (Å²) in [6, 6.07) is 5.46. The van der Waals surface area contributed by atoms with Crippen molar-refractivity contribution in [1.82, 2.24) is 0 Å². The Morgan fingerprint density at radius 2 is 2.05 bits per heavy atom. The van der Waals surface area contributed by atoms with Gasteiger partial charge in [-0.05, 0) is 61.8 Å². The van der Waals surface area contributed by atoms with Crippen molar-refractivity contribution >= 4 is 11.7 Å². The Bertz CT molecular complexity index is 482. The largest absolute Gasteiger partial charge is 0.478 e. The highest BCUT2D eigenvalue weighted by Crippen LogP contribution is 2.29. The van der Waals surface area contributed by atoms with Gasteiger partial charge in [0.05, 0.1) is 5.56 Å². The summed E-state index contributed by atoms with van der Waals surface area (Å²) in [5.41, 5.74) is 2.63. The fourth-order valence-electron chi connectivity index (χ4n) is 3.17. The van der Waals surface area contributed by atoms with Crippen LogP contribution in [-0.2, 0) is 0 Å². The lowest BCUT2D eigenvalue weighted by atomic mass is 9.89. The average Bonchev–Trinajstić information content (AvgIpc) is 2.64. The molecule has 0 aliphatic carbocycles. The SMILES string of the molecule is Cc1cc(C(=O)O)ccc1N1CCCC(C(C)C)CC1. The van der Waals surface area contributed by atoms with E-state index in [4.69, 9.17) is 5.11 Å². The number of anilines is 1. The molecule has 0 amide bonds. The molecule has 0 aromatic heterocycles. The fourth-order valence-corrected chi connectivity index (χ4v) is 3.17. The van der Waals surface area contributed by atoms with Crippen LogP contribution in [0.5, 0.6) is 0 Å². The normalized spacial score (nSPS) is 20.0. The molecule has 1 unspecified atom stereocenters. The quantitative estimate of drug-likeness (QED) is 0.907. The number of carbonyl (C=O) groups is 1. The molecule has 1 aromatic rings. The van der Waals surface area contributed by atoms with E-state index in [2.05, 4.69) is 18.7 Å². The van der Waals surface area contributed by atoms with Gasteiger partial charge in [-0.1, -0.05) is 13.8 Å². The second kappa shape index (κ2) is 6.29. The Hall–Kier alpha value is -1.51. The number of carboxylic acid groups (broad SMARTS) is 1. The van der Waals surface area contributed by atoms with Gasteiger partial charge < -0.3 is 10.0 Å². The Kier molecular flexibility index (Phi) is 4.69. The van der Waals surface area contributed by atoms with Gasteiger partial charge in [-0.25, -0.2) is 4.79 Å². The lowest BCUT2D eigenvalue weighted by molar-refractivity contribution is 0.0697. The zero-order chi connectivity index (χ0) is 14.7. The van der Waals surface area contributed by atoms with E-state index in [0.717, 1.165) is 30.5 Å². The van der Waals surface area contributed by atoms with Gasteiger partial charge in [-0.2, -0.15) is 0 Å². The Labute approximate surface area is 121 Å². The van der Waals surface area contributed by atoms with Crippen LogP contribution in [0.15, 0.2) is 18.2 Å². The molecule has 0 spiro atoms. The molecule has 1 aromatic carbocycles. The summed E-state index contributed by atoms with van der Waals surface area (Å²) in [6.45, 7) is 8.79. The van der Waals surface area contributed by atoms with Gasteiger partial charge in [-0.3, -0.25) is 0 Å². The Morgan fingerprint density at radius 1 is 1.30 bits per heavy atom. The molecule has 1 N–H and O–H groups in total. The molecule has 1 heterocycles. The Morgan fingerprint density at radius 3 is 2.65 bits per heavy atom. The zero-order valence-corrected chi connectivity index (χ0v) is 12.7. The second-order valence-corrected chi connectivity index (χ2v) is 6.23. The summed E-state index contributed by atoms with van der Waals surface area (Å²) in [7, 11) is 0. The van der Waals surface area contributed by atoms with Crippen LogP contribution in [-0.4, -0.2) is 24.2 Å². The van der Waals surface area contributed by atoms with E-state index in [1.165, 1.54) is 24.9 Å². The van der Waals surface area contributed by atoms with Crippen molar-refractivity contribution in [3.63, 3.8) is 0 Å². The summed E-state index contributed by atoms with van der Waals surface area (Å²) in [4.78, 5) is 13.4. The molecule has 3 nitrogen and oxygen atoms in total. The molecule has 1 aliphatic rings. The predicted octanol–water partition coefficient (Wildman–Crippen LogP) is 3.96. The minimum absolute atomic E-state index is 0.376. The van der Waals surface area contributed by atoms with Gasteiger partial charge in [0.15, 0.2) is 0 Å². The van der Waals surface area contributed by atoms with Crippen LogP contribution in [0, 0.1) is 18.8 Å². The third-order valence-corrected chi connectivity index (χ3v) is 4.50. The first-order valence-corrected chi connectivity index (χ1v) is 7.58. The monoisotopic (exact) mass is 275 g/mol. The van der Waals surface area contributed by atoms with E-state index >= 15 is 0 Å². The Balaban J connectivity index is 2.13. The summed E-state index contributed by atoms with van der Waals surface area (Å²) in [5, 5.41) is 9.04. The van der Waals surface area contributed by atoms with E-state index < -0.39 is 5.97 Å². The highest BCUT2D eigenvalue weighted by atomic mass is 16.4. The van der Waals surface area contributed by atoms with Gasteiger partial charge >= 0.3 is 5.97 Å². The standard InChI is InChI=1S/C17H25NO2/c1-12(2)14-5-4-9-18(10-8-14)16-7-6-15(17(19)20)11-13(16)3/h6-7,11-12,14H,4-5,8-10H2,1-3H3,(H,19,20). The number of nitrogens with zero attached hydrogens (tertiary/aromatic N) is 1. The van der Waals surface area contributed by atoms with Crippen molar-refractivity contribution in [3.8, 4) is 0 Å². The van der Waals surface area contributed by atoms with E-state index in [-0.39, 0.29) is 0 Å². The van der Waals surface area contributed by atoms with Crippen LogP contribution in [0.25, 0.3) is 0 Å². The first-order valence-electron chi connectivity index (χ1n) is 7.58. The fraction of sp³-hybridized carbons (Fsp3) is 0.588. The maximum absolute atomic E-state index is 11.0. The molecule has 1 aliphatic heterocycles. The van der Waals surface area contributed by atoms with E-state index in [9.17, 15) is 4.79 Å². The van der Waals surface area contributed by atoms with Crippen LogP contribution in [0.1, 0.15) is 49.0 Å². The number of aryl methyl sites for hydroxylation is 1.